The van der Waals surface area contributed by atoms with Crippen molar-refractivity contribution in [3.8, 4) is 51.4 Å². The van der Waals surface area contributed by atoms with Crippen LogP contribution in [0, 0.1) is 0 Å². The van der Waals surface area contributed by atoms with Gasteiger partial charge in [-0.3, -0.25) is 4.57 Å². The topological polar surface area (TPSA) is 95.7 Å². The second-order valence-electron chi connectivity index (χ2n) is 14.0. The van der Waals surface area contributed by atoms with Crippen molar-refractivity contribution >= 4 is 65.8 Å². The van der Waals surface area contributed by atoms with Crippen LogP contribution in [0.15, 0.2) is 179 Å². The highest BCUT2D eigenvalue weighted by atomic mass is 16.3. The molecule has 0 saturated carbocycles. The summed E-state index contributed by atoms with van der Waals surface area (Å²) in [6.07, 6.45) is 0. The van der Waals surface area contributed by atoms with Crippen LogP contribution in [0.25, 0.3) is 117 Å². The van der Waals surface area contributed by atoms with Crippen LogP contribution in [0.2, 0.25) is 0 Å². The van der Waals surface area contributed by atoms with Crippen LogP contribution in [0.5, 0.6) is 0 Å². The molecule has 12 aromatic rings. The van der Waals surface area contributed by atoms with Crippen LogP contribution < -0.4 is 0 Å². The average molecular weight is 733 g/mol. The fourth-order valence-corrected chi connectivity index (χ4v) is 8.13. The Balaban J connectivity index is 1.19. The molecule has 0 aliphatic rings. The molecule has 7 aromatic carbocycles. The monoisotopic (exact) mass is 732 g/mol. The minimum absolute atomic E-state index is 0.482. The third kappa shape index (κ3) is 4.84. The van der Waals surface area contributed by atoms with E-state index in [1.807, 2.05) is 115 Å². The molecule has 0 radical (unpaired) electrons. The summed E-state index contributed by atoms with van der Waals surface area (Å²) in [7, 11) is 0. The van der Waals surface area contributed by atoms with Crippen molar-refractivity contribution in [1.29, 1.82) is 0 Å². The maximum Gasteiger partial charge on any atom is 0.238 e. The van der Waals surface area contributed by atoms with Gasteiger partial charge in [-0.25, -0.2) is 15.0 Å². The minimum Gasteiger partial charge on any atom is -0.456 e. The molecule has 0 aliphatic carbocycles. The number of para-hydroxylation sites is 2. The van der Waals surface area contributed by atoms with Gasteiger partial charge in [-0.05, 0) is 24.3 Å². The fourth-order valence-electron chi connectivity index (χ4n) is 8.13. The molecule has 0 saturated heterocycles. The van der Waals surface area contributed by atoms with Gasteiger partial charge in [-0.2, -0.15) is 9.97 Å². The molecule has 266 valence electrons. The summed E-state index contributed by atoms with van der Waals surface area (Å²) in [4.78, 5) is 25.9. The van der Waals surface area contributed by atoms with Gasteiger partial charge in [0, 0.05) is 49.2 Å². The lowest BCUT2D eigenvalue weighted by molar-refractivity contribution is 0.669. The Labute approximate surface area is 324 Å². The van der Waals surface area contributed by atoms with Gasteiger partial charge in [-0.1, -0.05) is 146 Å². The van der Waals surface area contributed by atoms with Crippen LogP contribution in [-0.4, -0.2) is 29.5 Å². The fraction of sp³-hybridized carbons (Fsp3) is 0. The van der Waals surface area contributed by atoms with Gasteiger partial charge in [-0.15, -0.1) is 0 Å². The number of benzene rings is 7. The summed E-state index contributed by atoms with van der Waals surface area (Å²) >= 11 is 0. The van der Waals surface area contributed by atoms with E-state index in [9.17, 15) is 0 Å². The van der Waals surface area contributed by atoms with Crippen LogP contribution in [0.4, 0.5) is 0 Å². The third-order valence-corrected chi connectivity index (χ3v) is 10.7. The summed E-state index contributed by atoms with van der Waals surface area (Å²) in [5.41, 5.74) is 9.63. The first-order chi connectivity index (χ1) is 28.3. The van der Waals surface area contributed by atoms with Gasteiger partial charge < -0.3 is 8.83 Å². The molecule has 8 heteroatoms. The van der Waals surface area contributed by atoms with E-state index in [-0.39, 0.29) is 0 Å². The normalized spacial score (nSPS) is 11.9. The van der Waals surface area contributed by atoms with Gasteiger partial charge >= 0.3 is 0 Å². The smallest absolute Gasteiger partial charge is 0.238 e. The van der Waals surface area contributed by atoms with Crippen molar-refractivity contribution < 1.29 is 8.83 Å². The predicted molar refractivity (Wildman–Crippen MR) is 226 cm³/mol. The molecule has 57 heavy (non-hydrogen) atoms. The first kappa shape index (κ1) is 31.4. The van der Waals surface area contributed by atoms with Crippen LogP contribution in [0.3, 0.4) is 0 Å². The molecule has 0 N–H and O–H groups in total. The van der Waals surface area contributed by atoms with Crippen molar-refractivity contribution in [2.45, 2.75) is 0 Å². The summed E-state index contributed by atoms with van der Waals surface area (Å²) in [6.45, 7) is 0. The lowest BCUT2D eigenvalue weighted by atomic mass is 10.0. The number of fused-ring (bicyclic) bond motifs is 10. The first-order valence-corrected chi connectivity index (χ1v) is 18.8. The Morgan fingerprint density at radius 1 is 0.386 bits per heavy atom. The molecule has 0 bridgehead atoms. The lowest BCUT2D eigenvalue weighted by Crippen LogP contribution is -2.06. The number of nitrogens with zero attached hydrogens (tertiary/aromatic N) is 6. The average Bonchev–Trinajstić information content (AvgIpc) is 3.97. The summed E-state index contributed by atoms with van der Waals surface area (Å²) < 4.78 is 15.5. The second kappa shape index (κ2) is 12.3. The summed E-state index contributed by atoms with van der Waals surface area (Å²) in [5, 5.41) is 4.89. The van der Waals surface area contributed by atoms with E-state index in [1.54, 1.807) is 0 Å². The van der Waals surface area contributed by atoms with E-state index in [1.165, 1.54) is 0 Å². The van der Waals surface area contributed by atoms with Crippen molar-refractivity contribution in [2.24, 2.45) is 0 Å². The van der Waals surface area contributed by atoms with Gasteiger partial charge in [0.25, 0.3) is 0 Å². The summed E-state index contributed by atoms with van der Waals surface area (Å²) in [5.74, 6) is 2.21. The van der Waals surface area contributed by atoms with Crippen molar-refractivity contribution in [3.63, 3.8) is 0 Å². The number of aromatic nitrogens is 6. The van der Waals surface area contributed by atoms with Gasteiger partial charge in [0.05, 0.1) is 5.52 Å². The molecule has 0 spiro atoms. The van der Waals surface area contributed by atoms with E-state index in [0.29, 0.717) is 45.8 Å². The zero-order valence-corrected chi connectivity index (χ0v) is 30.2. The molecular formula is C49H28N6O2. The number of furan rings is 2. The van der Waals surface area contributed by atoms with Crippen molar-refractivity contribution in [2.75, 3.05) is 0 Å². The van der Waals surface area contributed by atoms with Crippen LogP contribution in [-0.2, 0) is 0 Å². The highest BCUT2D eigenvalue weighted by molar-refractivity contribution is 6.22. The molecule has 5 aromatic heterocycles. The molecule has 0 amide bonds. The molecule has 0 aliphatic heterocycles. The largest absolute Gasteiger partial charge is 0.456 e. The van der Waals surface area contributed by atoms with E-state index in [4.69, 9.17) is 33.8 Å². The Morgan fingerprint density at radius 3 is 1.74 bits per heavy atom. The zero-order valence-electron chi connectivity index (χ0n) is 30.2. The zero-order chi connectivity index (χ0) is 37.5. The maximum absolute atomic E-state index is 7.07. The highest BCUT2D eigenvalue weighted by Gasteiger charge is 2.25. The Bertz CT molecular complexity index is 3460. The SMILES string of the molecule is c1ccc(-c2nc(-c3ccccc3)nc(-n3c4ccccc4c4ccc5c6nc(-c7cccc8oc9ccccc9c78)nc(-c7ccccc7)c6oc5c43)n2)cc1. The van der Waals surface area contributed by atoms with Crippen molar-refractivity contribution in [1.82, 2.24) is 29.5 Å². The molecule has 0 fully saturated rings. The van der Waals surface area contributed by atoms with Gasteiger partial charge in [0.1, 0.15) is 27.9 Å². The maximum atomic E-state index is 7.07. The number of rotatable bonds is 5. The summed E-state index contributed by atoms with van der Waals surface area (Å²) in [6, 6.07) is 56.9. The Kier molecular flexibility index (Phi) is 6.76. The quantitative estimate of drug-likeness (QED) is 0.174. The first-order valence-electron chi connectivity index (χ1n) is 18.8. The molecule has 0 atom stereocenters. The van der Waals surface area contributed by atoms with Gasteiger partial charge in [0.15, 0.2) is 28.6 Å². The van der Waals surface area contributed by atoms with E-state index in [0.717, 1.165) is 71.4 Å². The van der Waals surface area contributed by atoms with Gasteiger partial charge in [0.2, 0.25) is 5.95 Å². The second-order valence-corrected chi connectivity index (χ2v) is 14.0. The molecule has 0 unspecified atom stereocenters. The molecular weight excluding hydrogens is 705 g/mol. The van der Waals surface area contributed by atoms with Crippen LogP contribution >= 0.6 is 0 Å². The lowest BCUT2D eigenvalue weighted by Gasteiger charge is -2.11. The standard InChI is InChI=1S/C49H28N6O2/c1-4-15-29(16-5-1)41-45-42(51-48(50-41)35-23-14-26-39-40(35)34-22-11-13-25-38(34)56-39)36-28-27-33-32-21-10-12-24-37(32)55(43(33)44(36)57-45)49-53-46(30-17-6-2-7-18-30)52-47(54-49)31-19-8-3-9-20-31/h1-28H. The predicted octanol–water partition coefficient (Wildman–Crippen LogP) is 12.2. The third-order valence-electron chi connectivity index (χ3n) is 10.7. The Hall–Kier alpha value is -7.97. The highest BCUT2D eigenvalue weighted by Crippen LogP contribution is 2.43. The van der Waals surface area contributed by atoms with E-state index in [2.05, 4.69) is 59.2 Å². The Morgan fingerprint density at radius 2 is 1.00 bits per heavy atom. The van der Waals surface area contributed by atoms with Crippen LogP contribution in [0.1, 0.15) is 0 Å². The number of hydrogen-bond acceptors (Lipinski definition) is 7. The minimum atomic E-state index is 0.482. The molecule has 5 heterocycles. The number of hydrogen-bond donors (Lipinski definition) is 0. The van der Waals surface area contributed by atoms with E-state index < -0.39 is 0 Å². The molecule has 8 nitrogen and oxygen atoms in total. The van der Waals surface area contributed by atoms with E-state index >= 15 is 0 Å². The molecule has 12 rings (SSSR count). The van der Waals surface area contributed by atoms with Crippen molar-refractivity contribution in [3.05, 3.63) is 170 Å².